The highest BCUT2D eigenvalue weighted by molar-refractivity contribution is 5.92. The normalized spacial score (nSPS) is 56.5. The molecule has 0 unspecified atom stereocenters. The SMILES string of the molecule is CN1CCN([C@H]2C[C@H]3[C@@H]4CC[C@H]5C[C@@H]6O[C@@H]6C[C@]5(C)[C@H]4CC[C@]3(C)C2=O)CC1. The van der Waals surface area contributed by atoms with Crippen LogP contribution in [0.25, 0.3) is 0 Å². The molecule has 0 aromatic heterocycles. The minimum atomic E-state index is -0.0499. The molecule has 0 aromatic rings. The van der Waals surface area contributed by atoms with Crippen molar-refractivity contribution in [3.63, 3.8) is 0 Å². The van der Waals surface area contributed by atoms with Gasteiger partial charge in [-0.05, 0) is 81.1 Å². The van der Waals surface area contributed by atoms with Gasteiger partial charge in [0.05, 0.1) is 18.2 Å². The number of epoxide rings is 1. The zero-order valence-electron chi connectivity index (χ0n) is 18.0. The molecule has 0 radical (unpaired) electrons. The number of likely N-dealkylation sites (N-methyl/N-ethyl adjacent to an activating group) is 1. The molecule has 0 bridgehead atoms. The zero-order valence-corrected chi connectivity index (χ0v) is 18.0. The van der Waals surface area contributed by atoms with Gasteiger partial charge in [0.1, 0.15) is 0 Å². The molecule has 0 spiro atoms. The summed E-state index contributed by atoms with van der Waals surface area (Å²) in [6.45, 7) is 9.32. The van der Waals surface area contributed by atoms with Gasteiger partial charge in [-0.1, -0.05) is 13.8 Å². The van der Waals surface area contributed by atoms with E-state index in [1.54, 1.807) is 0 Å². The first-order chi connectivity index (χ1) is 13.4. The van der Waals surface area contributed by atoms with Crippen LogP contribution >= 0.6 is 0 Å². The Hall–Kier alpha value is -0.450. The van der Waals surface area contributed by atoms with Gasteiger partial charge < -0.3 is 9.64 Å². The lowest BCUT2D eigenvalue weighted by atomic mass is 9.45. The molecule has 156 valence electrons. The molecule has 0 aromatic carbocycles. The first-order valence-electron chi connectivity index (χ1n) is 12.0. The van der Waals surface area contributed by atoms with Crippen molar-refractivity contribution in [3.8, 4) is 0 Å². The molecule has 2 heterocycles. The second-order valence-electron chi connectivity index (χ2n) is 11.7. The van der Waals surface area contributed by atoms with Gasteiger partial charge in [0, 0.05) is 31.6 Å². The van der Waals surface area contributed by atoms with Crippen LogP contribution < -0.4 is 0 Å². The predicted octanol–water partition coefficient (Wildman–Crippen LogP) is 3.20. The van der Waals surface area contributed by atoms with Gasteiger partial charge in [-0.2, -0.15) is 0 Å². The Morgan fingerprint density at radius 1 is 0.964 bits per heavy atom. The quantitative estimate of drug-likeness (QED) is 0.649. The molecule has 4 heteroatoms. The summed E-state index contributed by atoms with van der Waals surface area (Å²) in [6, 6.07) is 0.204. The van der Waals surface area contributed by atoms with Crippen molar-refractivity contribution < 1.29 is 9.53 Å². The summed E-state index contributed by atoms with van der Waals surface area (Å²) in [6.07, 6.45) is 10.1. The van der Waals surface area contributed by atoms with Gasteiger partial charge in [-0.15, -0.1) is 0 Å². The Bertz CT molecular complexity index is 674. The number of ether oxygens (including phenoxy) is 1. The third-order valence-corrected chi connectivity index (χ3v) is 10.6. The number of carbonyl (C=O) groups excluding carboxylic acids is 1. The van der Waals surface area contributed by atoms with E-state index in [-0.39, 0.29) is 11.5 Å². The minimum Gasteiger partial charge on any atom is -0.370 e. The second kappa shape index (κ2) is 6.04. The van der Waals surface area contributed by atoms with Gasteiger partial charge in [-0.3, -0.25) is 9.69 Å². The fourth-order valence-corrected chi connectivity index (χ4v) is 8.76. The van der Waals surface area contributed by atoms with Crippen LogP contribution in [0, 0.1) is 34.5 Å². The van der Waals surface area contributed by atoms with Crippen LogP contribution in [0.1, 0.15) is 58.8 Å². The van der Waals surface area contributed by atoms with Crippen molar-refractivity contribution in [1.82, 2.24) is 9.80 Å². The molecule has 4 aliphatic carbocycles. The van der Waals surface area contributed by atoms with Crippen molar-refractivity contribution in [2.24, 2.45) is 34.5 Å². The molecule has 2 saturated heterocycles. The first-order valence-corrected chi connectivity index (χ1v) is 12.0. The van der Waals surface area contributed by atoms with Crippen LogP contribution in [0.4, 0.5) is 0 Å². The summed E-state index contributed by atoms with van der Waals surface area (Å²) in [4.78, 5) is 18.6. The molecule has 28 heavy (non-hydrogen) atoms. The summed E-state index contributed by atoms with van der Waals surface area (Å²) in [5.41, 5.74) is 0.419. The van der Waals surface area contributed by atoms with Gasteiger partial charge in [0.2, 0.25) is 0 Å². The zero-order chi connectivity index (χ0) is 19.3. The van der Waals surface area contributed by atoms with E-state index in [4.69, 9.17) is 4.74 Å². The highest BCUT2D eigenvalue weighted by Gasteiger charge is 2.65. The van der Waals surface area contributed by atoms with E-state index >= 15 is 0 Å². The standard InChI is InChI=1S/C24H38N2O2/c1-23-7-6-17-16(5-4-15-12-20-21(28-20)14-24(15,17)2)18(23)13-19(22(23)27)26-10-8-25(3)9-11-26/h15-21H,4-14H2,1-3H3/t15-,16+,17-,18-,19-,20-,21+,23-,24-/m0/s1. The van der Waals surface area contributed by atoms with Gasteiger partial charge in [0.25, 0.3) is 0 Å². The van der Waals surface area contributed by atoms with Gasteiger partial charge in [0.15, 0.2) is 5.78 Å². The van der Waals surface area contributed by atoms with Gasteiger partial charge >= 0.3 is 0 Å². The van der Waals surface area contributed by atoms with E-state index in [1.807, 2.05) is 0 Å². The van der Waals surface area contributed by atoms with Crippen LogP contribution in [0.5, 0.6) is 0 Å². The van der Waals surface area contributed by atoms with E-state index in [0.29, 0.717) is 29.3 Å². The molecule has 2 aliphatic heterocycles. The number of piperazine rings is 1. The smallest absolute Gasteiger partial charge is 0.156 e. The van der Waals surface area contributed by atoms with Crippen LogP contribution in [-0.2, 0) is 9.53 Å². The number of nitrogens with zero attached hydrogens (tertiary/aromatic N) is 2. The highest BCUT2D eigenvalue weighted by Crippen LogP contribution is 2.67. The van der Waals surface area contributed by atoms with Crippen LogP contribution in [0.15, 0.2) is 0 Å². The molecule has 6 rings (SSSR count). The number of Topliss-reactive ketones (excluding diaryl/α,β-unsaturated/α-hetero) is 1. The lowest BCUT2D eigenvalue weighted by molar-refractivity contribution is -0.140. The fourth-order valence-electron chi connectivity index (χ4n) is 8.76. The maximum Gasteiger partial charge on any atom is 0.156 e. The fraction of sp³-hybridized carbons (Fsp3) is 0.958. The summed E-state index contributed by atoms with van der Waals surface area (Å²) in [5, 5.41) is 0. The van der Waals surface area contributed by atoms with Gasteiger partial charge in [-0.25, -0.2) is 0 Å². The summed E-state index contributed by atoms with van der Waals surface area (Å²) in [5.74, 6) is 3.69. The Morgan fingerprint density at radius 3 is 2.54 bits per heavy atom. The van der Waals surface area contributed by atoms with E-state index in [2.05, 4.69) is 30.7 Å². The van der Waals surface area contributed by atoms with E-state index in [1.165, 1.54) is 32.1 Å². The Balaban J connectivity index is 1.26. The molecular weight excluding hydrogens is 348 g/mol. The maximum absolute atomic E-state index is 13.7. The van der Waals surface area contributed by atoms with Crippen molar-refractivity contribution >= 4 is 5.78 Å². The molecule has 9 atom stereocenters. The Labute approximate surface area is 170 Å². The molecular formula is C24H38N2O2. The molecule has 6 aliphatic rings. The number of ketones is 1. The number of carbonyl (C=O) groups is 1. The van der Waals surface area contributed by atoms with Crippen molar-refractivity contribution in [3.05, 3.63) is 0 Å². The van der Waals surface area contributed by atoms with Crippen LogP contribution in [-0.4, -0.2) is 67.1 Å². The average Bonchev–Trinajstić information content (AvgIpc) is 3.36. The van der Waals surface area contributed by atoms with E-state index in [0.717, 1.165) is 56.8 Å². The molecule has 0 amide bonds. The van der Waals surface area contributed by atoms with E-state index < -0.39 is 0 Å². The Kier molecular flexibility index (Phi) is 3.96. The summed E-state index contributed by atoms with van der Waals surface area (Å²) < 4.78 is 5.98. The van der Waals surface area contributed by atoms with Crippen LogP contribution in [0.3, 0.4) is 0 Å². The molecule has 6 fully saturated rings. The van der Waals surface area contributed by atoms with Crippen molar-refractivity contribution in [2.45, 2.75) is 77.0 Å². The summed E-state index contributed by atoms with van der Waals surface area (Å²) in [7, 11) is 2.21. The maximum atomic E-state index is 13.7. The third-order valence-electron chi connectivity index (χ3n) is 10.6. The Morgan fingerprint density at radius 2 is 1.75 bits per heavy atom. The van der Waals surface area contributed by atoms with E-state index in [9.17, 15) is 4.79 Å². The second-order valence-corrected chi connectivity index (χ2v) is 11.7. The lowest BCUT2D eigenvalue weighted by Crippen LogP contribution is -2.54. The first kappa shape index (κ1) is 18.3. The lowest BCUT2D eigenvalue weighted by Gasteiger charge is -2.58. The minimum absolute atomic E-state index is 0.0499. The largest absolute Gasteiger partial charge is 0.370 e. The monoisotopic (exact) mass is 386 g/mol. The summed E-state index contributed by atoms with van der Waals surface area (Å²) >= 11 is 0. The number of rotatable bonds is 1. The molecule has 0 N–H and O–H groups in total. The average molecular weight is 387 g/mol. The van der Waals surface area contributed by atoms with Crippen molar-refractivity contribution in [2.75, 3.05) is 33.2 Å². The third kappa shape index (κ3) is 2.43. The van der Waals surface area contributed by atoms with Crippen molar-refractivity contribution in [1.29, 1.82) is 0 Å². The number of hydrogen-bond acceptors (Lipinski definition) is 4. The van der Waals surface area contributed by atoms with Crippen LogP contribution in [0.2, 0.25) is 0 Å². The number of hydrogen-bond donors (Lipinski definition) is 0. The molecule has 4 nitrogen and oxygen atoms in total. The topological polar surface area (TPSA) is 36.1 Å². The highest BCUT2D eigenvalue weighted by atomic mass is 16.6. The number of fused-ring (bicyclic) bond motifs is 6. The molecule has 4 saturated carbocycles. The predicted molar refractivity (Wildman–Crippen MR) is 109 cm³/mol.